The van der Waals surface area contributed by atoms with Crippen LogP contribution < -0.4 is 0 Å². The van der Waals surface area contributed by atoms with E-state index in [2.05, 4.69) is 167 Å². The number of phosphoric acid groups is 2. The summed E-state index contributed by atoms with van der Waals surface area (Å²) in [6, 6.07) is 0. The van der Waals surface area contributed by atoms with E-state index >= 15 is 0 Å². The number of ether oxygens (including phenoxy) is 3. The van der Waals surface area contributed by atoms with Gasteiger partial charge in [0.05, 0.1) is 26.4 Å². The van der Waals surface area contributed by atoms with E-state index in [1.54, 1.807) is 0 Å². The second-order valence-corrected chi connectivity index (χ2v) is 27.9. The van der Waals surface area contributed by atoms with Crippen LogP contribution in [0.5, 0.6) is 0 Å². The van der Waals surface area contributed by atoms with Gasteiger partial charge in [0.15, 0.2) is 6.10 Å². The summed E-state index contributed by atoms with van der Waals surface area (Å²) in [6.45, 7) is 2.39. The largest absolute Gasteiger partial charge is 0.472 e. The molecule has 0 saturated carbocycles. The maximum Gasteiger partial charge on any atom is 0.472 e. The summed E-state index contributed by atoms with van der Waals surface area (Å²) in [5.74, 6) is -1.62. The molecule has 0 aromatic carbocycles. The molecule has 0 aliphatic carbocycles. The fraction of sp³-hybridized carbons (Fsp3) is 0.667. The second kappa shape index (κ2) is 73.2. The first kappa shape index (κ1) is 94.4. The molecule has 16 nitrogen and oxygen atoms in total. The zero-order chi connectivity index (χ0) is 72.3. The molecule has 0 bridgehead atoms. The van der Waals surface area contributed by atoms with E-state index in [-0.39, 0.29) is 19.3 Å². The average molecular weight is 1430 g/mol. The number of carbonyl (C=O) groups is 3. The van der Waals surface area contributed by atoms with E-state index < -0.39 is 91.5 Å². The van der Waals surface area contributed by atoms with Crippen LogP contribution in [0.3, 0.4) is 0 Å². The molecule has 4 N–H and O–H groups in total. The van der Waals surface area contributed by atoms with Crippen molar-refractivity contribution >= 4 is 33.6 Å². The molecule has 5 unspecified atom stereocenters. The smallest absolute Gasteiger partial charge is 0.463 e. The summed E-state index contributed by atoms with van der Waals surface area (Å²) in [4.78, 5) is 58.5. The van der Waals surface area contributed by atoms with Crippen LogP contribution in [-0.4, -0.2) is 95.9 Å². The number of hydrogen-bond acceptors (Lipinski definition) is 14. The van der Waals surface area contributed by atoms with Gasteiger partial charge in [0.25, 0.3) is 0 Å². The van der Waals surface area contributed by atoms with Crippen LogP contribution in [0.2, 0.25) is 0 Å². The quantitative estimate of drug-likeness (QED) is 0.0146. The molecule has 0 spiro atoms. The molecule has 0 rings (SSSR count). The third-order valence-electron chi connectivity index (χ3n) is 15.5. The SMILES string of the molecule is CC/C=C\C/C=C\C/C=C\C/C=C\C/C=C\C/C=C\CCCCCCC(=O)OCC(COP(=O)(O)OCC(O)COP(=O)(O)OCC(O)COC(=O)CCCCCCCCCCCCC/C=C\C/C=C\C/C=C\C/C=C\C/C=C\CC)OC(=O)CCCCCCC/C=C\CCCCCC. The number of rotatable bonds is 71. The molecule has 99 heavy (non-hydrogen) atoms. The zero-order valence-corrected chi connectivity index (χ0v) is 63.4. The maximum atomic E-state index is 12.9. The lowest BCUT2D eigenvalue weighted by atomic mass is 10.0. The van der Waals surface area contributed by atoms with Crippen molar-refractivity contribution in [2.24, 2.45) is 0 Å². The van der Waals surface area contributed by atoms with E-state index in [1.807, 2.05) is 0 Å². The van der Waals surface area contributed by atoms with Crippen LogP contribution >= 0.6 is 15.6 Å². The lowest BCUT2D eigenvalue weighted by molar-refractivity contribution is -0.161. The molecular formula is C81H136O16P2. The van der Waals surface area contributed by atoms with Crippen LogP contribution in [-0.2, 0) is 55.8 Å². The summed E-state index contributed by atoms with van der Waals surface area (Å²) in [5.41, 5.74) is 0. The summed E-state index contributed by atoms with van der Waals surface area (Å²) in [7, 11) is -9.80. The van der Waals surface area contributed by atoms with Gasteiger partial charge in [-0.2, -0.15) is 0 Å². The van der Waals surface area contributed by atoms with Crippen LogP contribution in [0.4, 0.5) is 0 Å². The summed E-state index contributed by atoms with van der Waals surface area (Å²) >= 11 is 0. The van der Waals surface area contributed by atoms with Crippen molar-refractivity contribution in [3.63, 3.8) is 0 Å². The number of unbranched alkanes of at least 4 members (excludes halogenated alkanes) is 24. The van der Waals surface area contributed by atoms with Crippen LogP contribution in [0, 0.1) is 0 Å². The second-order valence-electron chi connectivity index (χ2n) is 25.0. The van der Waals surface area contributed by atoms with E-state index in [1.165, 1.54) is 70.6 Å². The third kappa shape index (κ3) is 74.4. The summed E-state index contributed by atoms with van der Waals surface area (Å²) in [5, 5.41) is 20.6. The average Bonchev–Trinajstić information content (AvgIpc) is 1.02. The minimum absolute atomic E-state index is 0.0848. The van der Waals surface area contributed by atoms with E-state index in [0.29, 0.717) is 19.3 Å². The Morgan fingerprint density at radius 3 is 0.859 bits per heavy atom. The Morgan fingerprint density at radius 2 is 0.535 bits per heavy atom. The highest BCUT2D eigenvalue weighted by atomic mass is 31.2. The molecule has 0 radical (unpaired) electrons. The highest BCUT2D eigenvalue weighted by Gasteiger charge is 2.29. The molecule has 0 aromatic heterocycles. The topological polar surface area (TPSA) is 231 Å². The maximum absolute atomic E-state index is 12.9. The Morgan fingerprint density at radius 1 is 0.293 bits per heavy atom. The van der Waals surface area contributed by atoms with Gasteiger partial charge in [-0.15, -0.1) is 0 Å². The monoisotopic (exact) mass is 1430 g/mol. The van der Waals surface area contributed by atoms with Gasteiger partial charge >= 0.3 is 33.6 Å². The number of esters is 3. The standard InChI is InChI=1S/C81H136O16P2/c1-4-7-10-13-16-19-22-25-27-29-31-33-35-36-37-38-40-42-43-45-47-50-52-55-58-61-64-67-79(84)91-70-76(82)71-93-98(87,88)94-72-77(83)73-95-99(89,90)96-75-78(97-81(86)69-66-63-60-57-54-49-24-21-18-15-12-9-6-3)74-92-80(85)68-65-62-59-56-53-51-48-46-44-41-39-34-32-30-28-26-23-20-17-14-11-8-5-2/h7-8,10-11,16-17,19-21,24-28,31-34,36-37,41,44,48,51,76-78,82-83H,4-6,9,12-15,18,22-23,29-30,35,38-40,42-43,45-47,49-50,52-75H2,1-3H3,(H,87,88)(H,89,90)/b10-7-,11-8-,19-16-,20-17-,24-21-,27-25-,28-26-,33-31-,34-32-,37-36-,44-41-,51-48-. The predicted octanol–water partition coefficient (Wildman–Crippen LogP) is 22.1. The Kier molecular flexibility index (Phi) is 69.8. The van der Waals surface area contributed by atoms with E-state index in [9.17, 15) is 43.5 Å². The van der Waals surface area contributed by atoms with Crippen LogP contribution in [0.15, 0.2) is 146 Å². The molecule has 18 heteroatoms. The van der Waals surface area contributed by atoms with Crippen molar-refractivity contribution in [1.82, 2.24) is 0 Å². The molecule has 0 fully saturated rings. The summed E-state index contributed by atoms with van der Waals surface area (Å²) in [6.07, 6.45) is 89.0. The number of allylic oxidation sites excluding steroid dienone is 24. The van der Waals surface area contributed by atoms with Crippen molar-refractivity contribution < 1.29 is 75.8 Å². The highest BCUT2D eigenvalue weighted by Crippen LogP contribution is 2.45. The van der Waals surface area contributed by atoms with Gasteiger partial charge < -0.3 is 34.2 Å². The molecular weight excluding hydrogens is 1290 g/mol. The first-order chi connectivity index (χ1) is 48.2. The van der Waals surface area contributed by atoms with Gasteiger partial charge in [0, 0.05) is 19.3 Å². The van der Waals surface area contributed by atoms with Gasteiger partial charge in [-0.1, -0.05) is 276 Å². The minimum atomic E-state index is -4.94. The fourth-order valence-electron chi connectivity index (χ4n) is 9.77. The molecule has 0 heterocycles. The third-order valence-corrected chi connectivity index (χ3v) is 17.4. The first-order valence-corrected chi connectivity index (χ1v) is 41.1. The lowest BCUT2D eigenvalue weighted by Gasteiger charge is -2.21. The number of aliphatic hydroxyl groups is 2. The van der Waals surface area contributed by atoms with E-state index in [0.717, 1.165) is 161 Å². The number of carbonyl (C=O) groups excluding carboxylic acids is 3. The van der Waals surface area contributed by atoms with Gasteiger partial charge in [-0.25, -0.2) is 9.13 Å². The molecule has 0 amide bonds. The van der Waals surface area contributed by atoms with Crippen molar-refractivity contribution in [3.05, 3.63) is 146 Å². The van der Waals surface area contributed by atoms with Gasteiger partial charge in [-0.3, -0.25) is 32.5 Å². The minimum Gasteiger partial charge on any atom is -0.463 e. The van der Waals surface area contributed by atoms with Crippen molar-refractivity contribution in [2.45, 2.75) is 309 Å². The predicted molar refractivity (Wildman–Crippen MR) is 408 cm³/mol. The molecule has 0 aromatic rings. The van der Waals surface area contributed by atoms with Crippen LogP contribution in [0.25, 0.3) is 0 Å². The van der Waals surface area contributed by atoms with Gasteiger partial charge in [-0.05, 0) is 141 Å². The molecule has 5 atom stereocenters. The lowest BCUT2D eigenvalue weighted by Crippen LogP contribution is -2.30. The molecule has 0 saturated heterocycles. The Balaban J connectivity index is 4.57. The van der Waals surface area contributed by atoms with Gasteiger partial charge in [0.1, 0.15) is 25.4 Å². The Labute approximate surface area is 600 Å². The number of phosphoric ester groups is 2. The fourth-order valence-corrected chi connectivity index (χ4v) is 11.4. The van der Waals surface area contributed by atoms with E-state index in [4.69, 9.17) is 32.3 Å². The Hall–Kier alpha value is -4.57. The van der Waals surface area contributed by atoms with Crippen LogP contribution in [0.1, 0.15) is 290 Å². The number of aliphatic hydroxyl groups excluding tert-OH is 2. The molecule has 0 aliphatic rings. The summed E-state index contributed by atoms with van der Waals surface area (Å²) < 4.78 is 61.0. The molecule has 0 aliphatic heterocycles. The van der Waals surface area contributed by atoms with Crippen molar-refractivity contribution in [3.8, 4) is 0 Å². The van der Waals surface area contributed by atoms with Crippen molar-refractivity contribution in [2.75, 3.05) is 39.6 Å². The molecule has 566 valence electrons. The normalized spacial score (nSPS) is 14.9. The zero-order valence-electron chi connectivity index (χ0n) is 61.6. The number of hydrogen-bond donors (Lipinski definition) is 4. The van der Waals surface area contributed by atoms with Gasteiger partial charge in [0.2, 0.25) is 0 Å². The first-order valence-electron chi connectivity index (χ1n) is 38.1. The van der Waals surface area contributed by atoms with Crippen molar-refractivity contribution in [1.29, 1.82) is 0 Å². The Bertz CT molecular complexity index is 2380. The highest BCUT2D eigenvalue weighted by molar-refractivity contribution is 7.47.